The van der Waals surface area contributed by atoms with Gasteiger partial charge >= 0.3 is 6.03 Å². The fourth-order valence-electron chi connectivity index (χ4n) is 2.70. The summed E-state index contributed by atoms with van der Waals surface area (Å²) >= 11 is 5.95. The van der Waals surface area contributed by atoms with Gasteiger partial charge in [-0.3, -0.25) is 4.90 Å². The number of halogens is 1. The van der Waals surface area contributed by atoms with E-state index in [2.05, 4.69) is 6.58 Å². The van der Waals surface area contributed by atoms with Gasteiger partial charge in [-0.2, -0.15) is 4.31 Å². The van der Waals surface area contributed by atoms with Gasteiger partial charge in [0.25, 0.3) is 10.0 Å². The van der Waals surface area contributed by atoms with Crippen LogP contribution in [0.3, 0.4) is 0 Å². The van der Waals surface area contributed by atoms with Crippen LogP contribution in [0.1, 0.15) is 5.56 Å². The molecule has 0 bridgehead atoms. The van der Waals surface area contributed by atoms with E-state index in [9.17, 15) is 13.2 Å². The Morgan fingerprint density at radius 3 is 2.54 bits per heavy atom. The summed E-state index contributed by atoms with van der Waals surface area (Å²) < 4.78 is 26.9. The molecule has 0 fully saturated rings. The Balaban J connectivity index is 2.27. The number of rotatable bonds is 3. The van der Waals surface area contributed by atoms with Gasteiger partial charge in [0.2, 0.25) is 0 Å². The van der Waals surface area contributed by atoms with E-state index in [1.54, 1.807) is 43.3 Å². The monoisotopic (exact) mass is 362 g/mol. The summed E-state index contributed by atoms with van der Waals surface area (Å²) in [5, 5.41) is 0.474. The van der Waals surface area contributed by atoms with Gasteiger partial charge in [-0.05, 0) is 42.8 Å². The van der Waals surface area contributed by atoms with E-state index in [0.717, 1.165) is 4.31 Å². The van der Waals surface area contributed by atoms with Crippen molar-refractivity contribution < 1.29 is 13.2 Å². The highest BCUT2D eigenvalue weighted by Crippen LogP contribution is 2.38. The molecule has 124 valence electrons. The SMILES string of the molecule is C=CCN1C(=O)N(c2ccc(Cl)cc2C)S(=O)(=O)c2ccccc21. The van der Waals surface area contributed by atoms with Gasteiger partial charge in [0.15, 0.2) is 0 Å². The van der Waals surface area contributed by atoms with Crippen molar-refractivity contribution in [3.63, 3.8) is 0 Å². The van der Waals surface area contributed by atoms with Crippen molar-refractivity contribution in [3.05, 3.63) is 65.7 Å². The predicted molar refractivity (Wildman–Crippen MR) is 95.2 cm³/mol. The van der Waals surface area contributed by atoms with Crippen LogP contribution in [0.15, 0.2) is 60.0 Å². The van der Waals surface area contributed by atoms with E-state index in [1.807, 2.05) is 0 Å². The number of carbonyl (C=O) groups excluding carboxylic acids is 1. The average molecular weight is 363 g/mol. The molecular formula is C17H15ClN2O3S. The Kier molecular flexibility index (Phi) is 4.11. The molecule has 0 spiro atoms. The van der Waals surface area contributed by atoms with Crippen molar-refractivity contribution in [2.45, 2.75) is 11.8 Å². The number of anilines is 2. The first-order chi connectivity index (χ1) is 11.4. The number of fused-ring (bicyclic) bond motifs is 1. The number of para-hydroxylation sites is 1. The van der Waals surface area contributed by atoms with E-state index >= 15 is 0 Å². The molecule has 2 amide bonds. The summed E-state index contributed by atoms with van der Waals surface area (Å²) in [7, 11) is -4.01. The third kappa shape index (κ3) is 2.48. The zero-order valence-corrected chi connectivity index (χ0v) is 14.5. The molecule has 7 heteroatoms. The second-order valence-electron chi connectivity index (χ2n) is 5.35. The first-order valence-electron chi connectivity index (χ1n) is 7.21. The van der Waals surface area contributed by atoms with Gasteiger partial charge in [-0.1, -0.05) is 29.8 Å². The fraction of sp³-hybridized carbons (Fsp3) is 0.118. The molecule has 0 saturated carbocycles. The lowest BCUT2D eigenvalue weighted by atomic mass is 10.2. The Labute approximate surface area is 145 Å². The minimum atomic E-state index is -4.01. The molecule has 0 unspecified atom stereocenters. The van der Waals surface area contributed by atoms with E-state index in [4.69, 9.17) is 11.6 Å². The number of hydrogen-bond acceptors (Lipinski definition) is 3. The first-order valence-corrected chi connectivity index (χ1v) is 9.02. The average Bonchev–Trinajstić information content (AvgIpc) is 2.53. The van der Waals surface area contributed by atoms with E-state index < -0.39 is 16.1 Å². The molecule has 1 heterocycles. The number of sulfonamides is 1. The van der Waals surface area contributed by atoms with Crippen LogP contribution in [0.5, 0.6) is 0 Å². The lowest BCUT2D eigenvalue weighted by Gasteiger charge is -2.36. The smallest absolute Gasteiger partial charge is 0.288 e. The largest absolute Gasteiger partial charge is 0.343 e. The Morgan fingerprint density at radius 2 is 1.88 bits per heavy atom. The van der Waals surface area contributed by atoms with Crippen molar-refractivity contribution >= 4 is 39.0 Å². The molecule has 2 aromatic carbocycles. The van der Waals surface area contributed by atoms with Crippen LogP contribution >= 0.6 is 11.6 Å². The summed E-state index contributed by atoms with van der Waals surface area (Å²) in [6.07, 6.45) is 1.56. The van der Waals surface area contributed by atoms with Gasteiger partial charge in [-0.25, -0.2) is 13.2 Å². The van der Waals surface area contributed by atoms with Crippen molar-refractivity contribution in [3.8, 4) is 0 Å². The highest BCUT2D eigenvalue weighted by atomic mass is 35.5. The molecule has 0 aliphatic carbocycles. The lowest BCUT2D eigenvalue weighted by molar-refractivity contribution is 0.254. The van der Waals surface area contributed by atoms with E-state index in [0.29, 0.717) is 16.3 Å². The van der Waals surface area contributed by atoms with Crippen LogP contribution in [0.2, 0.25) is 5.02 Å². The molecule has 24 heavy (non-hydrogen) atoms. The third-order valence-electron chi connectivity index (χ3n) is 3.77. The molecule has 0 saturated heterocycles. The fourth-order valence-corrected chi connectivity index (χ4v) is 4.58. The van der Waals surface area contributed by atoms with Crippen molar-refractivity contribution in [2.24, 2.45) is 0 Å². The van der Waals surface area contributed by atoms with Gasteiger partial charge in [0.05, 0.1) is 11.4 Å². The number of urea groups is 1. The van der Waals surface area contributed by atoms with Crippen molar-refractivity contribution in [1.29, 1.82) is 0 Å². The highest BCUT2D eigenvalue weighted by Gasteiger charge is 2.42. The first kappa shape index (κ1) is 16.5. The minimum absolute atomic E-state index is 0.0841. The quantitative estimate of drug-likeness (QED) is 0.776. The molecule has 0 atom stereocenters. The van der Waals surface area contributed by atoms with Crippen LogP contribution in [0.25, 0.3) is 0 Å². The Bertz CT molecular complexity index is 941. The molecule has 5 nitrogen and oxygen atoms in total. The number of benzene rings is 2. The van der Waals surface area contributed by atoms with Crippen molar-refractivity contribution in [2.75, 3.05) is 15.7 Å². The zero-order valence-electron chi connectivity index (χ0n) is 12.9. The highest BCUT2D eigenvalue weighted by molar-refractivity contribution is 7.94. The topological polar surface area (TPSA) is 57.7 Å². The van der Waals surface area contributed by atoms with Crippen LogP contribution < -0.4 is 9.21 Å². The Hall–Kier alpha value is -2.31. The summed E-state index contributed by atoms with van der Waals surface area (Å²) in [5.74, 6) is 0. The second-order valence-corrected chi connectivity index (χ2v) is 7.54. The van der Waals surface area contributed by atoms with Gasteiger partial charge < -0.3 is 0 Å². The van der Waals surface area contributed by atoms with Crippen LogP contribution in [0.4, 0.5) is 16.2 Å². The second kappa shape index (κ2) is 5.96. The molecule has 0 radical (unpaired) electrons. The van der Waals surface area contributed by atoms with Crippen LogP contribution in [-0.4, -0.2) is 21.0 Å². The van der Waals surface area contributed by atoms with Gasteiger partial charge in [-0.15, -0.1) is 6.58 Å². The standard InChI is InChI=1S/C17H15ClN2O3S/c1-3-10-19-15-6-4-5-7-16(15)24(22,23)20(17(19)21)14-9-8-13(18)11-12(14)2/h3-9,11H,1,10H2,2H3. The number of carbonyl (C=O) groups is 1. The normalized spacial score (nSPS) is 16.0. The number of hydrogen-bond donors (Lipinski definition) is 0. The summed E-state index contributed by atoms with van der Waals surface area (Å²) in [5.41, 5.74) is 1.23. The molecular weight excluding hydrogens is 348 g/mol. The third-order valence-corrected chi connectivity index (χ3v) is 5.74. The van der Waals surface area contributed by atoms with Crippen molar-refractivity contribution in [1.82, 2.24) is 0 Å². The number of amides is 2. The molecule has 0 N–H and O–H groups in total. The lowest BCUT2D eigenvalue weighted by Crippen LogP contribution is -2.51. The molecule has 0 aromatic heterocycles. The van der Waals surface area contributed by atoms with Crippen LogP contribution in [0, 0.1) is 6.92 Å². The zero-order chi connectivity index (χ0) is 17.5. The summed E-state index contributed by atoms with van der Waals surface area (Å²) in [6.45, 7) is 5.56. The number of nitrogens with zero attached hydrogens (tertiary/aromatic N) is 2. The van der Waals surface area contributed by atoms with Crippen LogP contribution in [-0.2, 0) is 10.0 Å². The summed E-state index contributed by atoms with van der Waals surface area (Å²) in [4.78, 5) is 14.4. The molecule has 1 aliphatic heterocycles. The molecule has 2 aromatic rings. The minimum Gasteiger partial charge on any atom is -0.288 e. The van der Waals surface area contributed by atoms with E-state index in [-0.39, 0.29) is 17.1 Å². The van der Waals surface area contributed by atoms with Gasteiger partial charge in [0.1, 0.15) is 4.90 Å². The summed E-state index contributed by atoms with van der Waals surface area (Å²) in [6, 6.07) is 10.5. The Morgan fingerprint density at radius 1 is 1.17 bits per heavy atom. The molecule has 3 rings (SSSR count). The predicted octanol–water partition coefficient (Wildman–Crippen LogP) is 3.97. The maximum absolute atomic E-state index is 13.0. The van der Waals surface area contributed by atoms with E-state index in [1.165, 1.54) is 17.0 Å². The maximum Gasteiger partial charge on any atom is 0.343 e. The van der Waals surface area contributed by atoms with Gasteiger partial charge in [0, 0.05) is 11.6 Å². The number of aryl methyl sites for hydroxylation is 1. The maximum atomic E-state index is 13.0. The molecule has 1 aliphatic rings.